The molecule has 1 N–H and O–H groups in total. The van der Waals surface area contributed by atoms with E-state index in [0.717, 1.165) is 44.0 Å². The van der Waals surface area contributed by atoms with Gasteiger partial charge in [-0.2, -0.15) is 5.10 Å². The van der Waals surface area contributed by atoms with Gasteiger partial charge < -0.3 is 9.64 Å². The minimum absolute atomic E-state index is 0.261. The number of rotatable bonds is 2. The quantitative estimate of drug-likeness (QED) is 0.851. The number of aromatic nitrogens is 2. The first kappa shape index (κ1) is 11.7. The fourth-order valence-electron chi connectivity index (χ4n) is 2.76. The SMILES string of the molecule is Cc1[nH]nc2c1CN(C(=O)CC1CCOC1)CC2. The molecule has 2 aliphatic rings. The van der Waals surface area contributed by atoms with Gasteiger partial charge in [0.25, 0.3) is 0 Å². The smallest absolute Gasteiger partial charge is 0.223 e. The average molecular weight is 249 g/mol. The van der Waals surface area contributed by atoms with Gasteiger partial charge in [-0.1, -0.05) is 0 Å². The predicted octanol–water partition coefficient (Wildman–Crippen LogP) is 1.03. The van der Waals surface area contributed by atoms with Gasteiger partial charge in [0.1, 0.15) is 0 Å². The van der Waals surface area contributed by atoms with Crippen LogP contribution in [0, 0.1) is 12.8 Å². The molecule has 5 nitrogen and oxygen atoms in total. The molecule has 1 amide bonds. The zero-order valence-electron chi connectivity index (χ0n) is 10.7. The van der Waals surface area contributed by atoms with Gasteiger partial charge in [-0.05, 0) is 19.3 Å². The van der Waals surface area contributed by atoms with E-state index < -0.39 is 0 Å². The Kier molecular flexibility index (Phi) is 3.07. The second kappa shape index (κ2) is 4.72. The van der Waals surface area contributed by atoms with E-state index >= 15 is 0 Å². The van der Waals surface area contributed by atoms with Gasteiger partial charge in [-0.3, -0.25) is 9.89 Å². The molecule has 5 heteroatoms. The van der Waals surface area contributed by atoms with Crippen molar-refractivity contribution < 1.29 is 9.53 Å². The predicted molar refractivity (Wildman–Crippen MR) is 66.0 cm³/mol. The number of carbonyl (C=O) groups excluding carboxylic acids is 1. The number of carbonyl (C=O) groups is 1. The third-order valence-corrected chi connectivity index (χ3v) is 3.97. The summed E-state index contributed by atoms with van der Waals surface area (Å²) in [7, 11) is 0. The summed E-state index contributed by atoms with van der Waals surface area (Å²) >= 11 is 0. The van der Waals surface area contributed by atoms with Crippen LogP contribution >= 0.6 is 0 Å². The van der Waals surface area contributed by atoms with Crippen LogP contribution in [-0.4, -0.2) is 40.8 Å². The van der Waals surface area contributed by atoms with Gasteiger partial charge in [0.15, 0.2) is 0 Å². The van der Waals surface area contributed by atoms with Gasteiger partial charge >= 0.3 is 0 Å². The molecule has 2 aliphatic heterocycles. The maximum Gasteiger partial charge on any atom is 0.223 e. The van der Waals surface area contributed by atoms with Crippen LogP contribution < -0.4 is 0 Å². The largest absolute Gasteiger partial charge is 0.381 e. The van der Waals surface area contributed by atoms with Crippen molar-refractivity contribution in [2.45, 2.75) is 32.7 Å². The Labute approximate surface area is 107 Å². The van der Waals surface area contributed by atoms with Crippen LogP contribution in [0.15, 0.2) is 0 Å². The highest BCUT2D eigenvalue weighted by Crippen LogP contribution is 2.23. The molecule has 1 saturated heterocycles. The zero-order valence-corrected chi connectivity index (χ0v) is 10.7. The first-order valence-corrected chi connectivity index (χ1v) is 6.62. The van der Waals surface area contributed by atoms with Crippen LogP contribution in [0.1, 0.15) is 29.8 Å². The standard InChI is InChI=1S/C13H19N3O2/c1-9-11-7-16(4-2-12(11)15-14-9)13(17)6-10-3-5-18-8-10/h10H,2-8H2,1H3,(H,14,15). The average Bonchev–Trinajstić information content (AvgIpc) is 3.00. The summed E-state index contributed by atoms with van der Waals surface area (Å²) in [5.74, 6) is 0.682. The Morgan fingerprint density at radius 1 is 1.61 bits per heavy atom. The number of aryl methyl sites for hydroxylation is 1. The summed E-state index contributed by atoms with van der Waals surface area (Å²) in [4.78, 5) is 14.2. The Morgan fingerprint density at radius 3 is 3.28 bits per heavy atom. The molecule has 1 atom stereocenters. The van der Waals surface area contributed by atoms with Crippen LogP contribution in [0.2, 0.25) is 0 Å². The number of ether oxygens (including phenoxy) is 1. The van der Waals surface area contributed by atoms with E-state index in [-0.39, 0.29) is 5.91 Å². The molecule has 1 fully saturated rings. The summed E-state index contributed by atoms with van der Waals surface area (Å²) in [6.45, 7) is 5.08. The Morgan fingerprint density at radius 2 is 2.50 bits per heavy atom. The van der Waals surface area contributed by atoms with Crippen molar-refractivity contribution in [1.29, 1.82) is 0 Å². The molecule has 3 rings (SSSR count). The number of aromatic amines is 1. The maximum atomic E-state index is 12.2. The molecule has 0 saturated carbocycles. The number of hydrogen-bond donors (Lipinski definition) is 1. The Hall–Kier alpha value is -1.36. The number of nitrogens with zero attached hydrogens (tertiary/aromatic N) is 2. The topological polar surface area (TPSA) is 58.2 Å². The van der Waals surface area contributed by atoms with Crippen LogP contribution in [-0.2, 0) is 22.5 Å². The highest BCUT2D eigenvalue weighted by atomic mass is 16.5. The first-order valence-electron chi connectivity index (χ1n) is 6.62. The van der Waals surface area contributed by atoms with Gasteiger partial charge in [-0.25, -0.2) is 0 Å². The molecule has 0 aromatic carbocycles. The molecule has 0 bridgehead atoms. The van der Waals surface area contributed by atoms with Crippen LogP contribution in [0.4, 0.5) is 0 Å². The van der Waals surface area contributed by atoms with Crippen molar-refractivity contribution in [3.05, 3.63) is 17.0 Å². The molecule has 1 aromatic heterocycles. The van der Waals surface area contributed by atoms with E-state index in [9.17, 15) is 4.79 Å². The van der Waals surface area contributed by atoms with Crippen LogP contribution in [0.25, 0.3) is 0 Å². The molecule has 1 aromatic rings. The fraction of sp³-hybridized carbons (Fsp3) is 0.692. The lowest BCUT2D eigenvalue weighted by atomic mass is 10.0. The summed E-state index contributed by atoms with van der Waals surface area (Å²) in [6.07, 6.45) is 2.52. The van der Waals surface area contributed by atoms with Gasteiger partial charge in [0.05, 0.1) is 5.69 Å². The normalized spacial score (nSPS) is 23.2. The zero-order chi connectivity index (χ0) is 12.5. The van der Waals surface area contributed by atoms with E-state index in [1.807, 2.05) is 11.8 Å². The van der Waals surface area contributed by atoms with E-state index in [4.69, 9.17) is 4.74 Å². The molecule has 1 unspecified atom stereocenters. The molecular formula is C13H19N3O2. The van der Waals surface area contributed by atoms with Crippen LogP contribution in [0.3, 0.4) is 0 Å². The summed E-state index contributed by atoms with van der Waals surface area (Å²) in [5.41, 5.74) is 3.42. The fourth-order valence-corrected chi connectivity index (χ4v) is 2.76. The van der Waals surface area contributed by atoms with Crippen molar-refractivity contribution in [2.75, 3.05) is 19.8 Å². The number of fused-ring (bicyclic) bond motifs is 1. The van der Waals surface area contributed by atoms with Gasteiger partial charge in [0, 0.05) is 50.4 Å². The van der Waals surface area contributed by atoms with Crippen molar-refractivity contribution in [3.8, 4) is 0 Å². The molecular weight excluding hydrogens is 230 g/mol. The van der Waals surface area contributed by atoms with E-state index in [1.54, 1.807) is 0 Å². The van der Waals surface area contributed by atoms with Gasteiger partial charge in [-0.15, -0.1) is 0 Å². The van der Waals surface area contributed by atoms with Crippen molar-refractivity contribution in [3.63, 3.8) is 0 Å². The molecule has 98 valence electrons. The third kappa shape index (κ3) is 2.14. The van der Waals surface area contributed by atoms with E-state index in [0.29, 0.717) is 18.9 Å². The lowest BCUT2D eigenvalue weighted by Gasteiger charge is -2.27. The monoisotopic (exact) mass is 249 g/mol. The van der Waals surface area contributed by atoms with Crippen molar-refractivity contribution >= 4 is 5.91 Å². The van der Waals surface area contributed by atoms with E-state index in [2.05, 4.69) is 10.2 Å². The third-order valence-electron chi connectivity index (χ3n) is 3.97. The second-order valence-electron chi connectivity index (χ2n) is 5.27. The first-order chi connectivity index (χ1) is 8.74. The van der Waals surface area contributed by atoms with Crippen molar-refractivity contribution in [1.82, 2.24) is 15.1 Å². The Balaban J connectivity index is 1.64. The Bertz CT molecular complexity index is 449. The lowest BCUT2D eigenvalue weighted by molar-refractivity contribution is -0.133. The highest BCUT2D eigenvalue weighted by Gasteiger charge is 2.27. The summed E-state index contributed by atoms with van der Waals surface area (Å²) < 4.78 is 5.32. The number of amides is 1. The molecule has 0 radical (unpaired) electrons. The van der Waals surface area contributed by atoms with Gasteiger partial charge in [0.2, 0.25) is 5.91 Å². The molecule has 0 aliphatic carbocycles. The maximum absolute atomic E-state index is 12.2. The second-order valence-corrected chi connectivity index (χ2v) is 5.27. The number of nitrogens with one attached hydrogen (secondary N) is 1. The summed E-state index contributed by atoms with van der Waals surface area (Å²) in [5, 5.41) is 7.27. The molecule has 0 spiro atoms. The van der Waals surface area contributed by atoms with Crippen LogP contribution in [0.5, 0.6) is 0 Å². The minimum Gasteiger partial charge on any atom is -0.381 e. The summed E-state index contributed by atoms with van der Waals surface area (Å²) in [6, 6.07) is 0. The van der Waals surface area contributed by atoms with E-state index in [1.165, 1.54) is 5.56 Å². The number of H-pyrrole nitrogens is 1. The lowest BCUT2D eigenvalue weighted by Crippen LogP contribution is -2.36. The minimum atomic E-state index is 0.261. The highest BCUT2D eigenvalue weighted by molar-refractivity contribution is 5.76. The molecule has 18 heavy (non-hydrogen) atoms. The molecule has 3 heterocycles. The van der Waals surface area contributed by atoms with Crippen molar-refractivity contribution in [2.24, 2.45) is 5.92 Å². The number of hydrogen-bond acceptors (Lipinski definition) is 3.